The lowest BCUT2D eigenvalue weighted by Crippen LogP contribution is -2.22. The molecule has 7 heteroatoms. The molecule has 1 aromatic carbocycles. The number of nitrogens with one attached hydrogen (secondary N) is 2. The van der Waals surface area contributed by atoms with E-state index in [9.17, 15) is 9.18 Å². The second-order valence-electron chi connectivity index (χ2n) is 4.14. The van der Waals surface area contributed by atoms with Crippen LogP contribution in [0.2, 0.25) is 0 Å². The number of amides is 1. The van der Waals surface area contributed by atoms with Gasteiger partial charge in [-0.1, -0.05) is 0 Å². The van der Waals surface area contributed by atoms with Crippen molar-refractivity contribution < 1.29 is 13.9 Å². The molecule has 2 heterocycles. The van der Waals surface area contributed by atoms with Crippen LogP contribution in [0.1, 0.15) is 0 Å². The summed E-state index contributed by atoms with van der Waals surface area (Å²) in [6.07, 6.45) is 0.970. The van der Waals surface area contributed by atoms with Gasteiger partial charge in [-0.3, -0.25) is 0 Å². The van der Waals surface area contributed by atoms with Crippen LogP contribution in [0.4, 0.5) is 9.18 Å². The molecule has 0 atom stereocenters. The number of benzene rings is 1. The van der Waals surface area contributed by atoms with Gasteiger partial charge in [-0.25, -0.2) is 14.2 Å². The average molecular weight is 338 g/mol. The van der Waals surface area contributed by atoms with Crippen molar-refractivity contribution in [3.63, 3.8) is 0 Å². The van der Waals surface area contributed by atoms with Gasteiger partial charge >= 0.3 is 6.09 Å². The molecule has 0 aliphatic rings. The van der Waals surface area contributed by atoms with Crippen LogP contribution in [0.3, 0.4) is 0 Å². The van der Waals surface area contributed by atoms with Crippen LogP contribution in [0.25, 0.3) is 21.9 Å². The summed E-state index contributed by atoms with van der Waals surface area (Å²) in [5.41, 5.74) is 1.12. The molecule has 20 heavy (non-hydrogen) atoms. The number of carbonyl (C=O) groups excluding carboxylic acids is 1. The summed E-state index contributed by atoms with van der Waals surface area (Å²) < 4.78 is 19.5. The fourth-order valence-corrected chi connectivity index (χ4v) is 2.35. The molecular weight excluding hydrogens is 329 g/mol. The van der Waals surface area contributed by atoms with Crippen molar-refractivity contribution in [3.05, 3.63) is 34.7 Å². The van der Waals surface area contributed by atoms with Crippen LogP contribution in [0.15, 0.2) is 28.9 Å². The topological polar surface area (TPSA) is 67.0 Å². The van der Waals surface area contributed by atoms with Gasteiger partial charge in [-0.15, -0.1) is 0 Å². The molecule has 0 saturated heterocycles. The Morgan fingerprint density at radius 1 is 1.40 bits per heavy atom. The standard InChI is InChI=1S/C13H9BrFN3O2/c1-16-13(19)20-10-4-7(15)3-8-9-2-6(14)5-17-12(9)18-11(8)10/h2-5H,1H3,(H,16,19)(H,17,18). The lowest BCUT2D eigenvalue weighted by molar-refractivity contribution is 0.203. The van der Waals surface area contributed by atoms with Gasteiger partial charge in [0.15, 0.2) is 5.75 Å². The first-order valence-corrected chi connectivity index (χ1v) is 6.54. The number of fused-ring (bicyclic) bond motifs is 3. The smallest absolute Gasteiger partial charge is 0.408 e. The van der Waals surface area contributed by atoms with Crippen molar-refractivity contribution in [2.75, 3.05) is 7.05 Å². The normalized spacial score (nSPS) is 10.9. The van der Waals surface area contributed by atoms with Gasteiger partial charge in [-0.2, -0.15) is 0 Å². The van der Waals surface area contributed by atoms with Crippen LogP contribution in [-0.2, 0) is 0 Å². The number of halogens is 2. The molecule has 1 amide bonds. The number of hydrogen-bond donors (Lipinski definition) is 2. The van der Waals surface area contributed by atoms with Crippen molar-refractivity contribution in [1.29, 1.82) is 0 Å². The van der Waals surface area contributed by atoms with Crippen molar-refractivity contribution in [1.82, 2.24) is 15.3 Å². The molecule has 0 bridgehead atoms. The number of pyridine rings is 1. The number of carbonyl (C=O) groups is 1. The van der Waals surface area contributed by atoms with E-state index in [1.165, 1.54) is 13.1 Å². The molecule has 3 rings (SSSR count). The second-order valence-corrected chi connectivity index (χ2v) is 5.06. The highest BCUT2D eigenvalue weighted by atomic mass is 79.9. The minimum absolute atomic E-state index is 0.119. The molecule has 5 nitrogen and oxygen atoms in total. The number of rotatable bonds is 1. The fraction of sp³-hybridized carbons (Fsp3) is 0.0769. The Morgan fingerprint density at radius 2 is 2.20 bits per heavy atom. The largest absolute Gasteiger partial charge is 0.412 e. The first kappa shape index (κ1) is 12.9. The van der Waals surface area contributed by atoms with Gasteiger partial charge < -0.3 is 15.0 Å². The van der Waals surface area contributed by atoms with E-state index in [0.717, 1.165) is 15.9 Å². The highest BCUT2D eigenvalue weighted by Gasteiger charge is 2.14. The molecule has 0 spiro atoms. The Hall–Kier alpha value is -2.15. The summed E-state index contributed by atoms with van der Waals surface area (Å²) in [7, 11) is 1.43. The van der Waals surface area contributed by atoms with Crippen LogP contribution in [0.5, 0.6) is 5.75 Å². The van der Waals surface area contributed by atoms with Crippen molar-refractivity contribution >= 4 is 44.0 Å². The van der Waals surface area contributed by atoms with E-state index < -0.39 is 11.9 Å². The predicted molar refractivity (Wildman–Crippen MR) is 76.3 cm³/mol. The zero-order valence-electron chi connectivity index (χ0n) is 10.3. The summed E-state index contributed by atoms with van der Waals surface area (Å²) in [6, 6.07) is 4.35. The Bertz CT molecular complexity index is 831. The van der Waals surface area contributed by atoms with E-state index in [1.807, 2.05) is 6.07 Å². The Balaban J connectivity index is 2.30. The number of aromatic amines is 1. The Kier molecular flexibility index (Phi) is 3.06. The summed E-state index contributed by atoms with van der Waals surface area (Å²) in [5, 5.41) is 3.67. The van der Waals surface area contributed by atoms with E-state index in [-0.39, 0.29) is 5.75 Å². The molecule has 2 N–H and O–H groups in total. The molecule has 0 saturated carbocycles. The van der Waals surface area contributed by atoms with Crippen molar-refractivity contribution in [2.45, 2.75) is 0 Å². The quantitative estimate of drug-likeness (QED) is 0.715. The Labute approximate surface area is 121 Å². The molecule has 102 valence electrons. The van der Waals surface area contributed by atoms with Crippen LogP contribution in [0, 0.1) is 5.82 Å². The van der Waals surface area contributed by atoms with Gasteiger partial charge in [0.25, 0.3) is 0 Å². The van der Waals surface area contributed by atoms with E-state index in [2.05, 4.69) is 31.2 Å². The summed E-state index contributed by atoms with van der Waals surface area (Å²) in [5.74, 6) is -0.370. The summed E-state index contributed by atoms with van der Waals surface area (Å²) in [4.78, 5) is 18.5. The Morgan fingerprint density at radius 3 is 2.95 bits per heavy atom. The first-order chi connectivity index (χ1) is 9.58. The molecule has 0 radical (unpaired) electrons. The average Bonchev–Trinajstić information content (AvgIpc) is 2.77. The molecule has 0 aliphatic heterocycles. The molecule has 3 aromatic rings. The first-order valence-electron chi connectivity index (χ1n) is 5.74. The van der Waals surface area contributed by atoms with Crippen molar-refractivity contribution in [3.8, 4) is 5.75 Å². The zero-order valence-corrected chi connectivity index (χ0v) is 11.9. The lowest BCUT2D eigenvalue weighted by atomic mass is 10.2. The third kappa shape index (κ3) is 2.09. The van der Waals surface area contributed by atoms with Gasteiger partial charge in [-0.05, 0) is 28.1 Å². The monoisotopic (exact) mass is 337 g/mol. The van der Waals surface area contributed by atoms with Gasteiger partial charge in [0, 0.05) is 34.6 Å². The summed E-state index contributed by atoms with van der Waals surface area (Å²) >= 11 is 3.33. The maximum atomic E-state index is 13.7. The maximum absolute atomic E-state index is 13.7. The van der Waals surface area contributed by atoms with Crippen LogP contribution < -0.4 is 10.1 Å². The second kappa shape index (κ2) is 4.75. The molecule has 0 fully saturated rings. The van der Waals surface area contributed by atoms with E-state index in [4.69, 9.17) is 4.74 Å². The number of aromatic nitrogens is 2. The van der Waals surface area contributed by atoms with E-state index in [0.29, 0.717) is 16.6 Å². The number of nitrogens with zero attached hydrogens (tertiary/aromatic N) is 1. The number of hydrogen-bond acceptors (Lipinski definition) is 3. The van der Waals surface area contributed by atoms with Crippen LogP contribution >= 0.6 is 15.9 Å². The lowest BCUT2D eigenvalue weighted by Gasteiger charge is -2.04. The van der Waals surface area contributed by atoms with Crippen molar-refractivity contribution in [2.24, 2.45) is 0 Å². The van der Waals surface area contributed by atoms with Crippen LogP contribution in [-0.4, -0.2) is 23.1 Å². The SMILES string of the molecule is CNC(=O)Oc1cc(F)cc2c1[nH]c1ncc(Br)cc12. The zero-order chi connectivity index (χ0) is 14.3. The third-order valence-corrected chi connectivity index (χ3v) is 3.30. The minimum Gasteiger partial charge on any atom is -0.408 e. The molecule has 2 aromatic heterocycles. The summed E-state index contributed by atoms with van der Waals surface area (Å²) in [6.45, 7) is 0. The van der Waals surface area contributed by atoms with Gasteiger partial charge in [0.05, 0.1) is 5.52 Å². The molecule has 0 aliphatic carbocycles. The van der Waals surface area contributed by atoms with Gasteiger partial charge in [0.2, 0.25) is 0 Å². The highest BCUT2D eigenvalue weighted by molar-refractivity contribution is 9.10. The molecular formula is C13H9BrFN3O2. The highest BCUT2D eigenvalue weighted by Crippen LogP contribution is 2.33. The predicted octanol–water partition coefficient (Wildman–Crippen LogP) is 3.34. The maximum Gasteiger partial charge on any atom is 0.412 e. The third-order valence-electron chi connectivity index (χ3n) is 2.86. The van der Waals surface area contributed by atoms with Gasteiger partial charge in [0.1, 0.15) is 11.5 Å². The molecule has 0 unspecified atom stereocenters. The van der Waals surface area contributed by atoms with E-state index >= 15 is 0 Å². The minimum atomic E-state index is -0.662. The number of H-pyrrole nitrogens is 1. The number of ether oxygens (including phenoxy) is 1. The van der Waals surface area contributed by atoms with E-state index in [1.54, 1.807) is 6.20 Å². The fourth-order valence-electron chi connectivity index (χ4n) is 2.02.